The molecule has 0 aliphatic carbocycles. The number of hydrogen-bond donors (Lipinski definition) is 1. The molecule has 0 heterocycles. The zero-order chi connectivity index (χ0) is 14.7. The van der Waals surface area contributed by atoms with E-state index in [2.05, 4.69) is 20.4 Å². The molecule has 0 amide bonds. The summed E-state index contributed by atoms with van der Waals surface area (Å²) in [5, 5.41) is 9.65. The minimum Gasteiger partial charge on any atom is -0.460 e. The Labute approximate surface area is 118 Å². The summed E-state index contributed by atoms with van der Waals surface area (Å²) in [6.07, 6.45) is 7.41. The van der Waals surface area contributed by atoms with Crippen molar-refractivity contribution >= 4 is 5.97 Å². The lowest BCUT2D eigenvalue weighted by atomic mass is 10.0. The molecule has 0 bridgehead atoms. The van der Waals surface area contributed by atoms with Gasteiger partial charge in [-0.3, -0.25) is 0 Å². The number of ether oxygens (including phenoxy) is 1. The number of rotatable bonds is 11. The fraction of sp³-hybridized carbons (Fsp3) is 0.812. The third-order valence-electron chi connectivity index (χ3n) is 3.07. The average Bonchev–Trinajstić information content (AvgIpc) is 2.34. The number of unbranched alkanes of at least 4 members (excludes halogenated alkanes) is 4. The molecule has 0 aliphatic rings. The average molecular weight is 270 g/mol. The standard InChI is InChI=1S/C16H30O3/c1-13(2)10-8-6-5-7-9-11-15(17)12-19-16(18)14(3)4/h13,15,17H,3,5-12H2,1-2,4H3. The molecular formula is C16H30O3. The highest BCUT2D eigenvalue weighted by Crippen LogP contribution is 2.12. The second-order valence-electron chi connectivity index (χ2n) is 5.77. The Morgan fingerprint density at radius 2 is 1.63 bits per heavy atom. The minimum atomic E-state index is -0.543. The van der Waals surface area contributed by atoms with Crippen LogP contribution in [0.1, 0.15) is 65.7 Å². The lowest BCUT2D eigenvalue weighted by molar-refractivity contribution is -0.142. The maximum absolute atomic E-state index is 11.1. The van der Waals surface area contributed by atoms with E-state index in [0.29, 0.717) is 12.0 Å². The number of aliphatic hydroxyl groups is 1. The van der Waals surface area contributed by atoms with Crippen molar-refractivity contribution in [2.45, 2.75) is 71.8 Å². The Kier molecular flexibility index (Phi) is 10.6. The van der Waals surface area contributed by atoms with E-state index < -0.39 is 12.1 Å². The number of aliphatic hydroxyl groups excluding tert-OH is 1. The molecule has 0 spiro atoms. The molecule has 1 unspecified atom stereocenters. The molecule has 19 heavy (non-hydrogen) atoms. The van der Waals surface area contributed by atoms with Crippen LogP contribution in [-0.2, 0) is 9.53 Å². The van der Waals surface area contributed by atoms with Gasteiger partial charge in [-0.1, -0.05) is 59.0 Å². The highest BCUT2D eigenvalue weighted by Gasteiger charge is 2.08. The molecule has 0 saturated heterocycles. The number of hydrogen-bond acceptors (Lipinski definition) is 3. The highest BCUT2D eigenvalue weighted by molar-refractivity contribution is 5.86. The van der Waals surface area contributed by atoms with Crippen LogP contribution in [-0.4, -0.2) is 23.8 Å². The van der Waals surface area contributed by atoms with E-state index in [1.807, 2.05) is 0 Å². The number of esters is 1. The van der Waals surface area contributed by atoms with E-state index in [9.17, 15) is 9.90 Å². The van der Waals surface area contributed by atoms with Crippen molar-refractivity contribution < 1.29 is 14.6 Å². The first-order valence-electron chi connectivity index (χ1n) is 7.44. The molecule has 3 heteroatoms. The van der Waals surface area contributed by atoms with Crippen LogP contribution in [0.3, 0.4) is 0 Å². The fourth-order valence-electron chi connectivity index (χ4n) is 1.84. The van der Waals surface area contributed by atoms with Crippen molar-refractivity contribution in [2.24, 2.45) is 5.92 Å². The van der Waals surface area contributed by atoms with Gasteiger partial charge in [0, 0.05) is 5.57 Å². The van der Waals surface area contributed by atoms with Crippen LogP contribution >= 0.6 is 0 Å². The van der Waals surface area contributed by atoms with Crippen molar-refractivity contribution in [2.75, 3.05) is 6.61 Å². The van der Waals surface area contributed by atoms with E-state index in [1.165, 1.54) is 25.7 Å². The lowest BCUT2D eigenvalue weighted by Gasteiger charge is -2.11. The molecule has 3 nitrogen and oxygen atoms in total. The van der Waals surface area contributed by atoms with E-state index >= 15 is 0 Å². The summed E-state index contributed by atoms with van der Waals surface area (Å²) in [5.41, 5.74) is 0.373. The molecule has 1 N–H and O–H groups in total. The van der Waals surface area contributed by atoms with Crippen LogP contribution in [0, 0.1) is 5.92 Å². The summed E-state index contributed by atoms with van der Waals surface area (Å²) in [6, 6.07) is 0. The summed E-state index contributed by atoms with van der Waals surface area (Å²) in [6.45, 7) is 9.68. The second-order valence-corrected chi connectivity index (χ2v) is 5.77. The fourth-order valence-corrected chi connectivity index (χ4v) is 1.84. The number of carbonyl (C=O) groups excluding carboxylic acids is 1. The molecular weight excluding hydrogens is 240 g/mol. The Hall–Kier alpha value is -0.830. The topological polar surface area (TPSA) is 46.5 Å². The van der Waals surface area contributed by atoms with Gasteiger partial charge in [-0.25, -0.2) is 4.79 Å². The Balaban J connectivity index is 3.36. The molecule has 0 aromatic carbocycles. The zero-order valence-electron chi connectivity index (χ0n) is 12.8. The molecule has 0 aromatic heterocycles. The third-order valence-corrected chi connectivity index (χ3v) is 3.07. The molecule has 0 saturated carbocycles. The van der Waals surface area contributed by atoms with Crippen molar-refractivity contribution in [3.63, 3.8) is 0 Å². The van der Waals surface area contributed by atoms with Gasteiger partial charge in [0.1, 0.15) is 6.61 Å². The minimum absolute atomic E-state index is 0.0824. The maximum Gasteiger partial charge on any atom is 0.333 e. The van der Waals surface area contributed by atoms with Crippen LogP contribution in [0.25, 0.3) is 0 Å². The summed E-state index contributed by atoms with van der Waals surface area (Å²) in [5.74, 6) is 0.373. The molecule has 0 fully saturated rings. The molecule has 0 rings (SSSR count). The normalized spacial score (nSPS) is 12.5. The smallest absolute Gasteiger partial charge is 0.333 e. The largest absolute Gasteiger partial charge is 0.460 e. The van der Waals surface area contributed by atoms with Gasteiger partial charge in [0.2, 0.25) is 0 Å². The van der Waals surface area contributed by atoms with Crippen LogP contribution < -0.4 is 0 Å². The predicted octanol–water partition coefficient (Wildman–Crippen LogP) is 3.85. The lowest BCUT2D eigenvalue weighted by Crippen LogP contribution is -2.18. The van der Waals surface area contributed by atoms with Gasteiger partial charge in [-0.2, -0.15) is 0 Å². The van der Waals surface area contributed by atoms with Crippen LogP contribution in [0.15, 0.2) is 12.2 Å². The first kappa shape index (κ1) is 18.2. The van der Waals surface area contributed by atoms with Crippen molar-refractivity contribution in [1.29, 1.82) is 0 Å². The van der Waals surface area contributed by atoms with Gasteiger partial charge in [-0.05, 0) is 19.3 Å². The molecule has 1 atom stereocenters. The molecule has 0 aliphatic heterocycles. The molecule has 0 aromatic rings. The molecule has 0 radical (unpaired) electrons. The van der Waals surface area contributed by atoms with Crippen LogP contribution in [0.4, 0.5) is 0 Å². The summed E-state index contributed by atoms with van der Waals surface area (Å²) >= 11 is 0. The summed E-state index contributed by atoms with van der Waals surface area (Å²) in [7, 11) is 0. The Morgan fingerprint density at radius 1 is 1.11 bits per heavy atom. The van der Waals surface area contributed by atoms with Gasteiger partial charge in [0.15, 0.2) is 0 Å². The molecule has 112 valence electrons. The van der Waals surface area contributed by atoms with Gasteiger partial charge in [0.25, 0.3) is 0 Å². The monoisotopic (exact) mass is 270 g/mol. The van der Waals surface area contributed by atoms with Crippen LogP contribution in [0.5, 0.6) is 0 Å². The van der Waals surface area contributed by atoms with Crippen LogP contribution in [0.2, 0.25) is 0 Å². The van der Waals surface area contributed by atoms with Gasteiger partial charge >= 0.3 is 5.97 Å². The SMILES string of the molecule is C=C(C)C(=O)OCC(O)CCCCCCCC(C)C. The Morgan fingerprint density at radius 3 is 2.16 bits per heavy atom. The summed E-state index contributed by atoms with van der Waals surface area (Å²) in [4.78, 5) is 11.1. The van der Waals surface area contributed by atoms with Crippen molar-refractivity contribution in [3.8, 4) is 0 Å². The van der Waals surface area contributed by atoms with E-state index in [0.717, 1.165) is 18.8 Å². The van der Waals surface area contributed by atoms with Crippen molar-refractivity contribution in [3.05, 3.63) is 12.2 Å². The van der Waals surface area contributed by atoms with E-state index in [4.69, 9.17) is 4.74 Å². The number of carbonyl (C=O) groups is 1. The van der Waals surface area contributed by atoms with E-state index in [1.54, 1.807) is 6.92 Å². The second kappa shape index (κ2) is 11.0. The first-order valence-corrected chi connectivity index (χ1v) is 7.44. The highest BCUT2D eigenvalue weighted by atomic mass is 16.5. The maximum atomic E-state index is 11.1. The predicted molar refractivity (Wildman–Crippen MR) is 78.9 cm³/mol. The van der Waals surface area contributed by atoms with E-state index in [-0.39, 0.29) is 6.61 Å². The van der Waals surface area contributed by atoms with Gasteiger partial charge < -0.3 is 9.84 Å². The van der Waals surface area contributed by atoms with Crippen molar-refractivity contribution in [1.82, 2.24) is 0 Å². The van der Waals surface area contributed by atoms with Gasteiger partial charge in [0.05, 0.1) is 6.10 Å². The summed E-state index contributed by atoms with van der Waals surface area (Å²) < 4.78 is 4.90. The quantitative estimate of drug-likeness (QED) is 0.352. The third kappa shape index (κ3) is 12.0. The van der Waals surface area contributed by atoms with Gasteiger partial charge in [-0.15, -0.1) is 0 Å². The zero-order valence-corrected chi connectivity index (χ0v) is 12.8. The first-order chi connectivity index (χ1) is 8.93. The Bertz CT molecular complexity index is 259.